The first-order valence-corrected chi connectivity index (χ1v) is 10.4. The lowest BCUT2D eigenvalue weighted by Gasteiger charge is -2.04. The highest BCUT2D eigenvalue weighted by molar-refractivity contribution is 7.17. The van der Waals surface area contributed by atoms with Gasteiger partial charge in [0.2, 0.25) is 0 Å². The first-order chi connectivity index (χ1) is 14.5. The Kier molecular flexibility index (Phi) is 7.32. The predicted octanol–water partition coefficient (Wildman–Crippen LogP) is 4.18. The molecule has 0 spiro atoms. The molecule has 154 valence electrons. The quantitative estimate of drug-likeness (QED) is 0.417. The fourth-order valence-electron chi connectivity index (χ4n) is 2.76. The maximum Gasteiger partial charge on any atom is 0.310 e. The molecule has 30 heavy (non-hydrogen) atoms. The molecule has 2 aromatic heterocycles. The smallest absolute Gasteiger partial charge is 0.310 e. The van der Waals surface area contributed by atoms with Crippen molar-refractivity contribution in [1.82, 2.24) is 10.3 Å². The van der Waals surface area contributed by atoms with Crippen molar-refractivity contribution in [2.45, 2.75) is 13.3 Å². The van der Waals surface area contributed by atoms with Gasteiger partial charge in [0.15, 0.2) is 5.78 Å². The molecular weight excluding hydrogens is 424 g/mol. The van der Waals surface area contributed by atoms with E-state index in [1.54, 1.807) is 37.3 Å². The second-order valence-corrected chi connectivity index (χ2v) is 7.78. The molecule has 0 unspecified atom stereocenters. The fraction of sp³-hybridized carbons (Fsp3) is 0.182. The Hall–Kier alpha value is -3.03. The molecule has 6 nitrogen and oxygen atoms in total. The van der Waals surface area contributed by atoms with Crippen molar-refractivity contribution in [3.8, 4) is 10.4 Å². The predicted molar refractivity (Wildman–Crippen MR) is 116 cm³/mol. The number of amides is 1. The van der Waals surface area contributed by atoms with E-state index < -0.39 is 0 Å². The zero-order valence-electron chi connectivity index (χ0n) is 16.2. The Morgan fingerprint density at radius 1 is 1.10 bits per heavy atom. The number of nitrogens with one attached hydrogen (secondary N) is 1. The largest absolute Gasteiger partial charge is 0.466 e. The Morgan fingerprint density at radius 3 is 2.47 bits per heavy atom. The van der Waals surface area contributed by atoms with Crippen LogP contribution in [0.3, 0.4) is 0 Å². The number of aromatic nitrogens is 1. The van der Waals surface area contributed by atoms with Crippen molar-refractivity contribution in [2.24, 2.45) is 0 Å². The molecule has 0 saturated carbocycles. The molecule has 0 aliphatic carbocycles. The third kappa shape index (κ3) is 5.52. The maximum absolute atomic E-state index is 12.7. The number of ether oxygens (including phenoxy) is 1. The summed E-state index contributed by atoms with van der Waals surface area (Å²) in [6.07, 6.45) is 3.07. The monoisotopic (exact) mass is 442 g/mol. The third-order valence-corrected chi connectivity index (χ3v) is 5.70. The third-order valence-electron chi connectivity index (χ3n) is 4.18. The number of thiophene rings is 1. The summed E-state index contributed by atoms with van der Waals surface area (Å²) in [6.45, 7) is 1.87. The minimum Gasteiger partial charge on any atom is -0.466 e. The maximum atomic E-state index is 12.7. The summed E-state index contributed by atoms with van der Waals surface area (Å²) in [7, 11) is 0. The molecule has 0 bridgehead atoms. The Morgan fingerprint density at radius 2 is 1.80 bits per heavy atom. The summed E-state index contributed by atoms with van der Waals surface area (Å²) in [5, 5.41) is 3.21. The van der Waals surface area contributed by atoms with Crippen LogP contribution >= 0.6 is 22.9 Å². The van der Waals surface area contributed by atoms with Gasteiger partial charge >= 0.3 is 5.97 Å². The zero-order valence-corrected chi connectivity index (χ0v) is 17.8. The van der Waals surface area contributed by atoms with Crippen molar-refractivity contribution in [3.63, 3.8) is 0 Å². The minimum absolute atomic E-state index is 0.0545. The van der Waals surface area contributed by atoms with E-state index in [4.69, 9.17) is 16.3 Å². The second kappa shape index (κ2) is 10.1. The molecule has 3 rings (SSSR count). The Labute approximate surface area is 182 Å². The number of carbonyl (C=O) groups excluding carboxylic acids is 3. The zero-order chi connectivity index (χ0) is 21.5. The van der Waals surface area contributed by atoms with E-state index in [0.29, 0.717) is 21.0 Å². The highest BCUT2D eigenvalue weighted by Gasteiger charge is 2.19. The Balaban J connectivity index is 1.79. The van der Waals surface area contributed by atoms with Gasteiger partial charge < -0.3 is 10.1 Å². The first kappa shape index (κ1) is 21.7. The molecule has 0 saturated heterocycles. The number of ketones is 1. The number of rotatable bonds is 8. The molecule has 3 aromatic rings. The van der Waals surface area contributed by atoms with Gasteiger partial charge in [0.1, 0.15) is 0 Å². The standard InChI is InChI=1S/C22H19ClN2O4S/c1-2-29-20(27)12-16-11-19(30-21(16)14-3-5-17(23)6-4-14)18(26)13-25-22(28)15-7-9-24-10-8-15/h3-11H,2,12-13H2,1H3,(H,25,28). The van der Waals surface area contributed by atoms with E-state index in [0.717, 1.165) is 10.4 Å². The number of carbonyl (C=O) groups is 3. The van der Waals surface area contributed by atoms with E-state index >= 15 is 0 Å². The van der Waals surface area contributed by atoms with Gasteiger partial charge in [0, 0.05) is 27.9 Å². The molecule has 2 heterocycles. The summed E-state index contributed by atoms with van der Waals surface area (Å²) in [5.74, 6) is -0.963. The van der Waals surface area contributed by atoms with Crippen molar-refractivity contribution < 1.29 is 19.1 Å². The molecule has 0 radical (unpaired) electrons. The van der Waals surface area contributed by atoms with Gasteiger partial charge in [-0.15, -0.1) is 11.3 Å². The van der Waals surface area contributed by atoms with Crippen LogP contribution in [0.1, 0.15) is 32.5 Å². The number of pyridine rings is 1. The molecule has 1 amide bonds. The molecule has 1 aromatic carbocycles. The van der Waals surface area contributed by atoms with Gasteiger partial charge in [-0.2, -0.15) is 0 Å². The number of halogens is 1. The lowest BCUT2D eigenvalue weighted by molar-refractivity contribution is -0.142. The molecule has 8 heteroatoms. The number of benzene rings is 1. The summed E-state index contributed by atoms with van der Waals surface area (Å²) < 4.78 is 5.05. The average Bonchev–Trinajstić information content (AvgIpc) is 3.16. The van der Waals surface area contributed by atoms with Gasteiger partial charge in [0.05, 0.1) is 24.4 Å². The lowest BCUT2D eigenvalue weighted by atomic mass is 10.1. The van der Waals surface area contributed by atoms with Crippen LogP contribution in [0.5, 0.6) is 0 Å². The summed E-state index contributed by atoms with van der Waals surface area (Å²) in [5.41, 5.74) is 1.97. The average molecular weight is 443 g/mol. The van der Waals surface area contributed by atoms with E-state index in [-0.39, 0.29) is 37.2 Å². The van der Waals surface area contributed by atoms with E-state index in [1.165, 1.54) is 23.7 Å². The SMILES string of the molecule is CCOC(=O)Cc1cc(C(=O)CNC(=O)c2ccncc2)sc1-c1ccc(Cl)cc1. The van der Waals surface area contributed by atoms with E-state index in [2.05, 4.69) is 10.3 Å². The highest BCUT2D eigenvalue weighted by atomic mass is 35.5. The lowest BCUT2D eigenvalue weighted by Crippen LogP contribution is -2.29. The fourth-order valence-corrected chi connectivity index (χ4v) is 4.01. The van der Waals surface area contributed by atoms with Gasteiger partial charge in [-0.3, -0.25) is 19.4 Å². The number of hydrogen-bond acceptors (Lipinski definition) is 6. The second-order valence-electron chi connectivity index (χ2n) is 6.30. The minimum atomic E-state index is -0.365. The molecule has 0 aliphatic heterocycles. The van der Waals surface area contributed by atoms with E-state index in [9.17, 15) is 14.4 Å². The summed E-state index contributed by atoms with van der Waals surface area (Å²) >= 11 is 7.25. The van der Waals surface area contributed by atoms with Crippen LogP contribution in [0.25, 0.3) is 10.4 Å². The number of hydrogen-bond donors (Lipinski definition) is 1. The summed E-state index contributed by atoms with van der Waals surface area (Å²) in [6, 6.07) is 12.0. The van der Waals surface area contributed by atoms with Crippen molar-refractivity contribution in [2.75, 3.05) is 13.2 Å². The van der Waals surface area contributed by atoms with Crippen LogP contribution in [0.4, 0.5) is 0 Å². The summed E-state index contributed by atoms with van der Waals surface area (Å²) in [4.78, 5) is 42.0. The molecule has 0 aliphatic rings. The van der Waals surface area contributed by atoms with Gasteiger partial charge in [-0.25, -0.2) is 0 Å². The molecular formula is C22H19ClN2O4S. The van der Waals surface area contributed by atoms with Crippen molar-refractivity contribution in [1.29, 1.82) is 0 Å². The van der Waals surface area contributed by atoms with Crippen LogP contribution in [-0.2, 0) is 16.0 Å². The normalized spacial score (nSPS) is 10.5. The first-order valence-electron chi connectivity index (χ1n) is 9.23. The van der Waals surface area contributed by atoms with Crippen LogP contribution < -0.4 is 5.32 Å². The van der Waals surface area contributed by atoms with E-state index in [1.807, 2.05) is 12.1 Å². The van der Waals surface area contributed by atoms with Crippen molar-refractivity contribution >= 4 is 40.6 Å². The number of nitrogens with zero attached hydrogens (tertiary/aromatic N) is 1. The van der Waals surface area contributed by atoms with Crippen LogP contribution in [-0.4, -0.2) is 35.8 Å². The van der Waals surface area contributed by atoms with Crippen molar-refractivity contribution in [3.05, 3.63) is 75.9 Å². The molecule has 1 N–H and O–H groups in total. The molecule has 0 fully saturated rings. The van der Waals surface area contributed by atoms with Crippen LogP contribution in [0.2, 0.25) is 5.02 Å². The number of Topliss-reactive ketones (excluding diaryl/α,β-unsaturated/α-hetero) is 1. The van der Waals surface area contributed by atoms with Gasteiger partial charge in [-0.05, 0) is 48.4 Å². The number of esters is 1. The highest BCUT2D eigenvalue weighted by Crippen LogP contribution is 2.34. The van der Waals surface area contributed by atoms with Crippen LogP contribution in [0.15, 0.2) is 54.9 Å². The van der Waals surface area contributed by atoms with Gasteiger partial charge in [0.25, 0.3) is 5.91 Å². The Bertz CT molecular complexity index is 1050. The van der Waals surface area contributed by atoms with Crippen LogP contribution in [0, 0.1) is 0 Å². The topological polar surface area (TPSA) is 85.4 Å². The molecule has 0 atom stereocenters. The van der Waals surface area contributed by atoms with Gasteiger partial charge in [-0.1, -0.05) is 23.7 Å².